The summed E-state index contributed by atoms with van der Waals surface area (Å²) in [5.74, 6) is 0. The molecule has 0 aliphatic carbocycles. The van der Waals surface area contributed by atoms with Crippen LogP contribution < -0.4 is 5.32 Å². The van der Waals surface area contributed by atoms with E-state index in [4.69, 9.17) is 0 Å². The molecule has 0 saturated carbocycles. The molecule has 0 atom stereocenters. The monoisotopic (exact) mass is 283 g/mol. The minimum absolute atomic E-state index is 0.789. The Labute approximate surface area is 122 Å². The number of thiophene rings is 1. The highest BCUT2D eigenvalue weighted by Crippen LogP contribution is 2.15. The second kappa shape index (κ2) is 6.03. The van der Waals surface area contributed by atoms with E-state index >= 15 is 0 Å². The van der Waals surface area contributed by atoms with Crippen molar-refractivity contribution < 1.29 is 0 Å². The Kier molecular flexibility index (Phi) is 3.95. The van der Waals surface area contributed by atoms with Gasteiger partial charge >= 0.3 is 0 Å². The van der Waals surface area contributed by atoms with Gasteiger partial charge in [0.1, 0.15) is 0 Å². The fourth-order valence-electron chi connectivity index (χ4n) is 2.07. The third-order valence-electron chi connectivity index (χ3n) is 3.22. The summed E-state index contributed by atoms with van der Waals surface area (Å²) < 4.78 is 1.91. The van der Waals surface area contributed by atoms with Crippen molar-refractivity contribution in [2.75, 3.05) is 0 Å². The van der Waals surface area contributed by atoms with E-state index in [1.54, 1.807) is 11.3 Å². The molecule has 3 rings (SSSR count). The Morgan fingerprint density at radius 1 is 1.10 bits per heavy atom. The third-order valence-corrected chi connectivity index (χ3v) is 4.25. The van der Waals surface area contributed by atoms with Gasteiger partial charge < -0.3 is 5.32 Å². The SMILES string of the molecule is Cc1ccsc1CNCc1ccn(-c2ccccc2)n1. The zero-order valence-electron chi connectivity index (χ0n) is 11.4. The summed E-state index contributed by atoms with van der Waals surface area (Å²) in [5, 5.41) is 10.2. The molecule has 0 aliphatic rings. The first-order valence-electron chi connectivity index (χ1n) is 6.66. The quantitative estimate of drug-likeness (QED) is 0.776. The number of para-hydroxylation sites is 1. The first kappa shape index (κ1) is 13.1. The fourth-order valence-corrected chi connectivity index (χ4v) is 2.95. The average molecular weight is 283 g/mol. The Morgan fingerprint density at radius 3 is 2.70 bits per heavy atom. The van der Waals surface area contributed by atoms with Gasteiger partial charge in [-0.25, -0.2) is 4.68 Å². The van der Waals surface area contributed by atoms with E-state index in [2.05, 4.69) is 47.0 Å². The number of hydrogen-bond donors (Lipinski definition) is 1. The third kappa shape index (κ3) is 2.98. The second-order valence-electron chi connectivity index (χ2n) is 4.72. The zero-order valence-corrected chi connectivity index (χ0v) is 12.2. The molecule has 0 aliphatic heterocycles. The molecule has 0 unspecified atom stereocenters. The molecule has 3 nitrogen and oxygen atoms in total. The van der Waals surface area contributed by atoms with Crippen molar-refractivity contribution in [2.45, 2.75) is 20.0 Å². The van der Waals surface area contributed by atoms with Crippen LogP contribution in [0.15, 0.2) is 54.0 Å². The highest BCUT2D eigenvalue weighted by Gasteiger charge is 2.02. The van der Waals surface area contributed by atoms with Crippen LogP contribution in [0.2, 0.25) is 0 Å². The van der Waals surface area contributed by atoms with Crippen molar-refractivity contribution in [3.63, 3.8) is 0 Å². The van der Waals surface area contributed by atoms with Crippen LogP contribution in [-0.2, 0) is 13.1 Å². The summed E-state index contributed by atoms with van der Waals surface area (Å²) >= 11 is 1.80. The van der Waals surface area contributed by atoms with Crippen LogP contribution >= 0.6 is 11.3 Å². The molecule has 20 heavy (non-hydrogen) atoms. The Balaban J connectivity index is 1.59. The predicted molar refractivity (Wildman–Crippen MR) is 83.2 cm³/mol. The Hall–Kier alpha value is -1.91. The molecule has 0 fully saturated rings. The molecule has 2 aromatic heterocycles. The van der Waals surface area contributed by atoms with Crippen molar-refractivity contribution >= 4 is 11.3 Å². The fraction of sp³-hybridized carbons (Fsp3) is 0.188. The lowest BCUT2D eigenvalue weighted by Crippen LogP contribution is -2.13. The van der Waals surface area contributed by atoms with Crippen molar-refractivity contribution in [1.82, 2.24) is 15.1 Å². The molecule has 0 amide bonds. The van der Waals surface area contributed by atoms with E-state index in [1.807, 2.05) is 29.1 Å². The van der Waals surface area contributed by atoms with Crippen molar-refractivity contribution in [3.8, 4) is 5.69 Å². The molecule has 1 N–H and O–H groups in total. The zero-order chi connectivity index (χ0) is 13.8. The number of rotatable bonds is 5. The molecule has 0 saturated heterocycles. The number of nitrogens with one attached hydrogen (secondary N) is 1. The van der Waals surface area contributed by atoms with E-state index in [0.717, 1.165) is 24.5 Å². The van der Waals surface area contributed by atoms with E-state index in [9.17, 15) is 0 Å². The topological polar surface area (TPSA) is 29.9 Å². The van der Waals surface area contributed by atoms with Crippen molar-refractivity contribution in [3.05, 3.63) is 70.2 Å². The highest BCUT2D eigenvalue weighted by atomic mass is 32.1. The second-order valence-corrected chi connectivity index (χ2v) is 5.72. The minimum Gasteiger partial charge on any atom is -0.306 e. The lowest BCUT2D eigenvalue weighted by Gasteiger charge is -2.02. The molecule has 1 aromatic carbocycles. The number of aromatic nitrogens is 2. The van der Waals surface area contributed by atoms with Gasteiger partial charge in [0.15, 0.2) is 0 Å². The maximum atomic E-state index is 4.58. The van der Waals surface area contributed by atoms with Gasteiger partial charge in [-0.2, -0.15) is 5.10 Å². The van der Waals surface area contributed by atoms with Gasteiger partial charge in [-0.3, -0.25) is 0 Å². The van der Waals surface area contributed by atoms with E-state index in [-0.39, 0.29) is 0 Å². The van der Waals surface area contributed by atoms with Crippen LogP contribution in [-0.4, -0.2) is 9.78 Å². The number of benzene rings is 1. The average Bonchev–Trinajstić information content (AvgIpc) is 3.10. The molecular formula is C16H17N3S. The lowest BCUT2D eigenvalue weighted by atomic mass is 10.3. The summed E-state index contributed by atoms with van der Waals surface area (Å²) in [6.45, 7) is 3.84. The van der Waals surface area contributed by atoms with Crippen molar-refractivity contribution in [1.29, 1.82) is 0 Å². The number of aryl methyl sites for hydroxylation is 1. The van der Waals surface area contributed by atoms with Gasteiger partial charge in [0.25, 0.3) is 0 Å². The number of hydrogen-bond acceptors (Lipinski definition) is 3. The summed E-state index contributed by atoms with van der Waals surface area (Å²) in [6, 6.07) is 14.4. The summed E-state index contributed by atoms with van der Waals surface area (Å²) in [6.07, 6.45) is 2.00. The minimum atomic E-state index is 0.789. The van der Waals surface area contributed by atoms with E-state index in [1.165, 1.54) is 10.4 Å². The molecule has 0 spiro atoms. The normalized spacial score (nSPS) is 10.8. The molecule has 4 heteroatoms. The molecule has 102 valence electrons. The summed E-state index contributed by atoms with van der Waals surface area (Å²) in [4.78, 5) is 1.40. The van der Waals surface area contributed by atoms with Crippen molar-refractivity contribution in [2.24, 2.45) is 0 Å². The molecule has 0 bridgehead atoms. The molecule has 2 heterocycles. The van der Waals surface area contributed by atoms with Gasteiger partial charge in [-0.1, -0.05) is 18.2 Å². The van der Waals surface area contributed by atoms with Crippen LogP contribution in [0.1, 0.15) is 16.1 Å². The maximum Gasteiger partial charge on any atom is 0.0766 e. The van der Waals surface area contributed by atoms with E-state index in [0.29, 0.717) is 0 Å². The largest absolute Gasteiger partial charge is 0.306 e. The highest BCUT2D eigenvalue weighted by molar-refractivity contribution is 7.10. The van der Waals surface area contributed by atoms with Gasteiger partial charge in [0.2, 0.25) is 0 Å². The van der Waals surface area contributed by atoms with Crippen LogP contribution in [0, 0.1) is 6.92 Å². The van der Waals surface area contributed by atoms with Gasteiger partial charge in [0, 0.05) is 24.2 Å². The van der Waals surface area contributed by atoms with E-state index < -0.39 is 0 Å². The molecule has 3 aromatic rings. The number of nitrogens with zero attached hydrogens (tertiary/aromatic N) is 2. The van der Waals surface area contributed by atoms with Gasteiger partial charge in [-0.15, -0.1) is 11.3 Å². The van der Waals surface area contributed by atoms with Crippen LogP contribution in [0.5, 0.6) is 0 Å². The smallest absolute Gasteiger partial charge is 0.0766 e. The first-order chi connectivity index (χ1) is 9.83. The first-order valence-corrected chi connectivity index (χ1v) is 7.54. The van der Waals surface area contributed by atoms with Crippen LogP contribution in [0.4, 0.5) is 0 Å². The Morgan fingerprint density at radius 2 is 1.95 bits per heavy atom. The predicted octanol–water partition coefficient (Wildman–Crippen LogP) is 3.53. The molecule has 0 radical (unpaired) electrons. The molecular weight excluding hydrogens is 266 g/mol. The standard InChI is InChI=1S/C16H17N3S/c1-13-8-10-20-16(13)12-17-11-14-7-9-19(18-14)15-5-3-2-4-6-15/h2-10,17H,11-12H2,1H3. The summed E-state index contributed by atoms with van der Waals surface area (Å²) in [7, 11) is 0. The van der Waals surface area contributed by atoms with Gasteiger partial charge in [0.05, 0.1) is 11.4 Å². The maximum absolute atomic E-state index is 4.58. The van der Waals surface area contributed by atoms with Crippen LogP contribution in [0.3, 0.4) is 0 Å². The van der Waals surface area contributed by atoms with Gasteiger partial charge in [-0.05, 0) is 42.1 Å². The lowest BCUT2D eigenvalue weighted by molar-refractivity contribution is 0.674. The van der Waals surface area contributed by atoms with Crippen LogP contribution in [0.25, 0.3) is 5.69 Å². The Bertz CT molecular complexity index is 670. The summed E-state index contributed by atoms with van der Waals surface area (Å²) in [5.41, 5.74) is 3.51.